The van der Waals surface area contributed by atoms with Crippen molar-refractivity contribution in [2.75, 3.05) is 20.8 Å². The highest BCUT2D eigenvalue weighted by atomic mass is 16.7. The molecule has 0 bridgehead atoms. The molecule has 0 radical (unpaired) electrons. The number of nitrogens with one attached hydrogen (secondary N) is 1. The summed E-state index contributed by atoms with van der Waals surface area (Å²) >= 11 is 0. The van der Waals surface area contributed by atoms with Crippen LogP contribution >= 0.6 is 0 Å². The number of H-pyrrole nitrogens is 1. The van der Waals surface area contributed by atoms with Gasteiger partial charge in [0.05, 0.1) is 37.2 Å². The van der Waals surface area contributed by atoms with Crippen molar-refractivity contribution >= 4 is 0 Å². The Hall–Kier alpha value is -3.28. The van der Waals surface area contributed by atoms with E-state index in [-0.39, 0.29) is 18.2 Å². The zero-order valence-electron chi connectivity index (χ0n) is 15.8. The lowest BCUT2D eigenvalue weighted by molar-refractivity contribution is -0.170. The number of nitrogens with zero attached hydrogens (tertiary/aromatic N) is 5. The summed E-state index contributed by atoms with van der Waals surface area (Å²) in [5.41, 5.74) is 0.0566. The van der Waals surface area contributed by atoms with Gasteiger partial charge in [-0.2, -0.15) is 5.06 Å². The van der Waals surface area contributed by atoms with E-state index >= 15 is 0 Å². The van der Waals surface area contributed by atoms with Crippen molar-refractivity contribution in [2.45, 2.75) is 18.7 Å². The van der Waals surface area contributed by atoms with Crippen LogP contribution in [0.3, 0.4) is 0 Å². The van der Waals surface area contributed by atoms with Gasteiger partial charge in [-0.3, -0.25) is 19.2 Å². The molecule has 4 rings (SSSR count). The fourth-order valence-corrected chi connectivity index (χ4v) is 3.19. The molecule has 1 aliphatic heterocycles. The highest BCUT2D eigenvalue weighted by molar-refractivity contribution is 5.55. The molecule has 1 saturated heterocycles. The second-order valence-electron chi connectivity index (χ2n) is 6.63. The molecule has 152 valence electrons. The molecule has 1 aromatic carbocycles. The van der Waals surface area contributed by atoms with Crippen LogP contribution in [0.5, 0.6) is 5.75 Å². The van der Waals surface area contributed by atoms with E-state index in [1.807, 2.05) is 0 Å². The lowest BCUT2D eigenvalue weighted by Crippen LogP contribution is -2.33. The third-order valence-corrected chi connectivity index (χ3v) is 4.87. The third kappa shape index (κ3) is 3.58. The highest BCUT2D eigenvalue weighted by Crippen LogP contribution is 2.27. The Balaban J connectivity index is 1.68. The lowest BCUT2D eigenvalue weighted by Gasteiger charge is -2.15. The second-order valence-corrected chi connectivity index (χ2v) is 6.63. The summed E-state index contributed by atoms with van der Waals surface area (Å²) in [7, 11) is 3.26. The number of rotatable bonds is 5. The average Bonchev–Trinajstić information content (AvgIpc) is 3.35. The van der Waals surface area contributed by atoms with Crippen LogP contribution < -0.4 is 16.0 Å². The van der Waals surface area contributed by atoms with Crippen LogP contribution in [-0.2, 0) is 4.84 Å². The molecule has 2 atom stereocenters. The Morgan fingerprint density at radius 2 is 2.03 bits per heavy atom. The van der Waals surface area contributed by atoms with Crippen LogP contribution in [0.1, 0.15) is 12.6 Å². The van der Waals surface area contributed by atoms with E-state index in [4.69, 9.17) is 9.57 Å². The summed E-state index contributed by atoms with van der Waals surface area (Å²) in [4.78, 5) is 32.6. The first kappa shape index (κ1) is 19.1. The molecule has 2 N–H and O–H groups in total. The summed E-state index contributed by atoms with van der Waals surface area (Å²) in [6.45, 7) is -0.103. The Morgan fingerprint density at radius 1 is 1.28 bits per heavy atom. The van der Waals surface area contributed by atoms with Crippen molar-refractivity contribution < 1.29 is 14.7 Å². The summed E-state index contributed by atoms with van der Waals surface area (Å²) in [6, 6.07) is 6.95. The number of ether oxygens (including phenoxy) is 1. The van der Waals surface area contributed by atoms with Gasteiger partial charge in [-0.25, -0.2) is 9.48 Å². The number of aromatic amines is 1. The van der Waals surface area contributed by atoms with E-state index < -0.39 is 17.5 Å². The number of hydroxylamine groups is 2. The first-order valence-corrected chi connectivity index (χ1v) is 8.93. The molecule has 0 spiro atoms. The normalized spacial score (nSPS) is 19.6. The fourth-order valence-electron chi connectivity index (χ4n) is 3.19. The predicted molar refractivity (Wildman–Crippen MR) is 102 cm³/mol. The van der Waals surface area contributed by atoms with Crippen LogP contribution in [0.15, 0.2) is 46.2 Å². The number of hydrogen-bond acceptors (Lipinski definition) is 8. The van der Waals surface area contributed by atoms with Crippen molar-refractivity contribution in [3.05, 3.63) is 57.5 Å². The monoisotopic (exact) mass is 400 g/mol. The maximum Gasteiger partial charge on any atom is 0.330 e. The van der Waals surface area contributed by atoms with Crippen LogP contribution in [0.4, 0.5) is 0 Å². The maximum absolute atomic E-state index is 12.4. The number of aliphatic hydroxyl groups is 1. The summed E-state index contributed by atoms with van der Waals surface area (Å²) in [5.74, 6) is 0.709. The summed E-state index contributed by atoms with van der Waals surface area (Å²) in [6.07, 6.45) is 2.76. The predicted octanol–water partition coefficient (Wildman–Crippen LogP) is -0.0805. The van der Waals surface area contributed by atoms with Gasteiger partial charge >= 0.3 is 5.69 Å². The minimum absolute atomic E-state index is 0.103. The number of benzene rings is 1. The molecule has 11 heteroatoms. The van der Waals surface area contributed by atoms with Gasteiger partial charge < -0.3 is 9.84 Å². The van der Waals surface area contributed by atoms with Gasteiger partial charge in [0.25, 0.3) is 5.56 Å². The van der Waals surface area contributed by atoms with Gasteiger partial charge in [-0.1, -0.05) is 5.21 Å². The van der Waals surface area contributed by atoms with Gasteiger partial charge in [0, 0.05) is 19.7 Å². The first-order chi connectivity index (χ1) is 14.0. The van der Waals surface area contributed by atoms with Crippen molar-refractivity contribution in [1.82, 2.24) is 29.6 Å². The zero-order chi connectivity index (χ0) is 20.5. The molecule has 11 nitrogen and oxygen atoms in total. The Kier molecular flexibility index (Phi) is 5.01. The quantitative estimate of drug-likeness (QED) is 0.609. The summed E-state index contributed by atoms with van der Waals surface area (Å²) in [5, 5.41) is 19.0. The molecular weight excluding hydrogens is 380 g/mol. The smallest absolute Gasteiger partial charge is 0.330 e. The summed E-state index contributed by atoms with van der Waals surface area (Å²) < 4.78 is 7.94. The van der Waals surface area contributed by atoms with E-state index in [0.717, 1.165) is 5.69 Å². The van der Waals surface area contributed by atoms with Crippen LogP contribution in [-0.4, -0.2) is 61.5 Å². The fraction of sp³-hybridized carbons (Fsp3) is 0.333. The molecule has 2 aromatic heterocycles. The minimum atomic E-state index is -0.642. The number of aromatic nitrogens is 5. The van der Waals surface area contributed by atoms with E-state index in [9.17, 15) is 14.7 Å². The highest BCUT2D eigenvalue weighted by Gasteiger charge is 2.32. The van der Waals surface area contributed by atoms with Crippen molar-refractivity contribution in [3.8, 4) is 22.7 Å². The molecule has 0 aliphatic carbocycles. The number of aliphatic hydroxyl groups excluding tert-OH is 1. The van der Waals surface area contributed by atoms with Gasteiger partial charge in [0.15, 0.2) is 6.23 Å². The van der Waals surface area contributed by atoms with Gasteiger partial charge in [0.2, 0.25) is 0 Å². The van der Waals surface area contributed by atoms with Gasteiger partial charge in [0.1, 0.15) is 11.4 Å². The van der Waals surface area contributed by atoms with Crippen molar-refractivity contribution in [3.63, 3.8) is 0 Å². The number of methoxy groups -OCH3 is 1. The van der Waals surface area contributed by atoms with Crippen molar-refractivity contribution in [1.29, 1.82) is 0 Å². The molecule has 2 unspecified atom stereocenters. The molecule has 3 heterocycles. The number of likely N-dealkylation sites (N-methyl/N-ethyl adjacent to an activating group) is 1. The molecule has 0 amide bonds. The molecular formula is C18H20N6O5. The van der Waals surface area contributed by atoms with E-state index in [0.29, 0.717) is 17.9 Å². The average molecular weight is 400 g/mol. The molecule has 0 saturated carbocycles. The number of hydrogen-bond donors (Lipinski definition) is 2. The molecule has 29 heavy (non-hydrogen) atoms. The van der Waals surface area contributed by atoms with E-state index in [1.165, 1.54) is 20.5 Å². The minimum Gasteiger partial charge on any atom is -0.497 e. The van der Waals surface area contributed by atoms with Gasteiger partial charge in [-0.05, 0) is 24.3 Å². The second kappa shape index (κ2) is 7.62. The van der Waals surface area contributed by atoms with Crippen molar-refractivity contribution in [2.24, 2.45) is 0 Å². The van der Waals surface area contributed by atoms with E-state index in [1.54, 1.807) is 44.6 Å². The molecule has 3 aromatic rings. The van der Waals surface area contributed by atoms with Crippen LogP contribution in [0.25, 0.3) is 16.9 Å². The Morgan fingerprint density at radius 3 is 2.69 bits per heavy atom. The first-order valence-electron chi connectivity index (χ1n) is 8.93. The van der Waals surface area contributed by atoms with Crippen LogP contribution in [0.2, 0.25) is 0 Å². The topological polar surface area (TPSA) is 128 Å². The Bertz CT molecular complexity index is 1120. The van der Waals surface area contributed by atoms with E-state index in [2.05, 4.69) is 15.3 Å². The van der Waals surface area contributed by atoms with Crippen LogP contribution in [0, 0.1) is 0 Å². The Labute approximate surface area is 164 Å². The van der Waals surface area contributed by atoms with Gasteiger partial charge in [-0.15, -0.1) is 5.10 Å². The molecule has 1 fully saturated rings. The SMILES string of the molecule is COc1ccc(-n2cc(-c3cn(C4CC(CO)N(C)O4)c(=O)[nH]c3=O)nn2)cc1. The standard InChI is InChI=1S/C18H20N6O5/c1-22-12(10-25)7-16(29-22)23-8-14(17(26)19-18(23)27)15-9-24(21-20-15)11-3-5-13(28-2)6-4-11/h3-6,8-9,12,16,25H,7,10H2,1-2H3,(H,19,26,27). The maximum atomic E-state index is 12.4. The molecule has 1 aliphatic rings. The zero-order valence-corrected chi connectivity index (χ0v) is 15.8. The lowest BCUT2D eigenvalue weighted by atomic mass is 10.2. The third-order valence-electron chi connectivity index (χ3n) is 4.87. The largest absolute Gasteiger partial charge is 0.497 e.